The quantitative estimate of drug-likeness (QED) is 0.624. The molecule has 1 atom stereocenters. The Morgan fingerprint density at radius 1 is 1.58 bits per heavy atom. The molecule has 1 aromatic heterocycles. The molecule has 0 amide bonds. The number of aryl methyl sites for hydroxylation is 1. The van der Waals surface area contributed by atoms with Crippen LogP contribution in [-0.2, 0) is 6.42 Å². The summed E-state index contributed by atoms with van der Waals surface area (Å²) in [5.74, 6) is 0.959. The number of hydrogen-bond donors (Lipinski definition) is 1. The van der Waals surface area contributed by atoms with Gasteiger partial charge in [-0.2, -0.15) is 0 Å². The van der Waals surface area contributed by atoms with Crippen molar-refractivity contribution in [3.63, 3.8) is 0 Å². The molecule has 0 saturated heterocycles. The number of nitrogens with one attached hydrogen (secondary N) is 1. The summed E-state index contributed by atoms with van der Waals surface area (Å²) >= 11 is 5.77. The lowest BCUT2D eigenvalue weighted by Crippen LogP contribution is -2.22. The van der Waals surface area contributed by atoms with Gasteiger partial charge in [0, 0.05) is 6.04 Å². The highest BCUT2D eigenvalue weighted by molar-refractivity contribution is 6.29. The van der Waals surface area contributed by atoms with Crippen LogP contribution in [0.25, 0.3) is 0 Å². The average Bonchev–Trinajstić information content (AvgIpc) is 2.03. The van der Waals surface area contributed by atoms with Gasteiger partial charge in [0.05, 0.1) is 0 Å². The Morgan fingerprint density at radius 2 is 2.42 bits per heavy atom. The van der Waals surface area contributed by atoms with E-state index in [1.165, 1.54) is 12.0 Å². The Morgan fingerprint density at radius 3 is 3.25 bits per heavy atom. The third-order valence-electron chi connectivity index (χ3n) is 2.17. The topological polar surface area (TPSA) is 24.9 Å². The van der Waals surface area contributed by atoms with Gasteiger partial charge in [0.1, 0.15) is 11.0 Å². The van der Waals surface area contributed by atoms with Crippen LogP contribution in [0.4, 0.5) is 5.82 Å². The van der Waals surface area contributed by atoms with Gasteiger partial charge in [-0.1, -0.05) is 17.7 Å². The molecule has 3 heteroatoms. The minimum Gasteiger partial charge on any atom is -0.367 e. The van der Waals surface area contributed by atoms with Gasteiger partial charge in [0.2, 0.25) is 0 Å². The minimum absolute atomic E-state index is 0.517. The molecule has 12 heavy (non-hydrogen) atoms. The first-order valence-corrected chi connectivity index (χ1v) is 4.55. The molecule has 2 rings (SSSR count). The lowest BCUT2D eigenvalue weighted by molar-refractivity contribution is 0.674. The molecule has 1 aliphatic rings. The summed E-state index contributed by atoms with van der Waals surface area (Å²) in [4.78, 5) is 4.22. The van der Waals surface area contributed by atoms with E-state index < -0.39 is 0 Å². The Kier molecular flexibility index (Phi) is 1.93. The Balaban J connectivity index is 2.37. The summed E-state index contributed by atoms with van der Waals surface area (Å²) in [6.45, 7) is 2.16. The highest BCUT2D eigenvalue weighted by Gasteiger charge is 2.14. The SMILES string of the molecule is CC1CCc2ccc(Cl)nc2N1. The lowest BCUT2D eigenvalue weighted by Gasteiger charge is -2.22. The van der Waals surface area contributed by atoms with Crippen LogP contribution in [0.15, 0.2) is 12.1 Å². The smallest absolute Gasteiger partial charge is 0.131 e. The predicted octanol–water partition coefficient (Wildman–Crippen LogP) is 2.48. The van der Waals surface area contributed by atoms with Crippen LogP contribution < -0.4 is 5.32 Å². The number of nitrogens with zero attached hydrogens (tertiary/aromatic N) is 1. The third-order valence-corrected chi connectivity index (χ3v) is 2.39. The van der Waals surface area contributed by atoms with Crippen LogP contribution >= 0.6 is 11.6 Å². The first-order valence-electron chi connectivity index (χ1n) is 4.17. The molecule has 1 aromatic rings. The number of aromatic nitrogens is 1. The zero-order chi connectivity index (χ0) is 8.55. The predicted molar refractivity (Wildman–Crippen MR) is 50.7 cm³/mol. The summed E-state index contributed by atoms with van der Waals surface area (Å²) in [5.41, 5.74) is 1.28. The number of pyridine rings is 1. The van der Waals surface area contributed by atoms with E-state index >= 15 is 0 Å². The van der Waals surface area contributed by atoms with Gasteiger partial charge in [-0.25, -0.2) is 4.98 Å². The van der Waals surface area contributed by atoms with Gasteiger partial charge in [0.25, 0.3) is 0 Å². The van der Waals surface area contributed by atoms with Gasteiger partial charge in [-0.05, 0) is 31.4 Å². The van der Waals surface area contributed by atoms with E-state index in [1.807, 2.05) is 12.1 Å². The van der Waals surface area contributed by atoms with Crippen molar-refractivity contribution >= 4 is 17.4 Å². The van der Waals surface area contributed by atoms with E-state index in [9.17, 15) is 0 Å². The molecule has 0 aromatic carbocycles. The first-order chi connectivity index (χ1) is 5.75. The van der Waals surface area contributed by atoms with Crippen molar-refractivity contribution in [2.24, 2.45) is 0 Å². The molecule has 0 fully saturated rings. The number of rotatable bonds is 0. The summed E-state index contributed by atoms with van der Waals surface area (Å²) in [7, 11) is 0. The summed E-state index contributed by atoms with van der Waals surface area (Å²) < 4.78 is 0. The summed E-state index contributed by atoms with van der Waals surface area (Å²) in [6, 6.07) is 4.41. The molecule has 0 saturated carbocycles. The molecule has 1 aliphatic heterocycles. The van der Waals surface area contributed by atoms with Crippen molar-refractivity contribution in [1.29, 1.82) is 0 Å². The Hall–Kier alpha value is -0.760. The Bertz CT molecular complexity index is 299. The number of halogens is 1. The van der Waals surface area contributed by atoms with Crippen molar-refractivity contribution < 1.29 is 0 Å². The van der Waals surface area contributed by atoms with E-state index in [0.717, 1.165) is 12.2 Å². The maximum Gasteiger partial charge on any atom is 0.131 e. The van der Waals surface area contributed by atoms with Gasteiger partial charge < -0.3 is 5.32 Å². The molecule has 1 N–H and O–H groups in total. The summed E-state index contributed by atoms with van der Waals surface area (Å²) in [5, 5.41) is 3.87. The van der Waals surface area contributed by atoms with E-state index in [4.69, 9.17) is 11.6 Å². The third kappa shape index (κ3) is 1.39. The highest BCUT2D eigenvalue weighted by atomic mass is 35.5. The molecule has 64 valence electrons. The monoisotopic (exact) mass is 182 g/mol. The van der Waals surface area contributed by atoms with Gasteiger partial charge in [-0.15, -0.1) is 0 Å². The fourth-order valence-electron chi connectivity index (χ4n) is 1.47. The largest absolute Gasteiger partial charge is 0.367 e. The fraction of sp³-hybridized carbons (Fsp3) is 0.444. The molecular weight excluding hydrogens is 172 g/mol. The molecule has 0 aliphatic carbocycles. The minimum atomic E-state index is 0.517. The molecule has 0 radical (unpaired) electrons. The van der Waals surface area contributed by atoms with E-state index in [-0.39, 0.29) is 0 Å². The van der Waals surface area contributed by atoms with Crippen molar-refractivity contribution in [2.45, 2.75) is 25.8 Å². The second-order valence-electron chi connectivity index (χ2n) is 3.23. The van der Waals surface area contributed by atoms with Gasteiger partial charge in [0.15, 0.2) is 0 Å². The molecule has 0 bridgehead atoms. The van der Waals surface area contributed by atoms with Crippen LogP contribution in [0.5, 0.6) is 0 Å². The molecule has 2 nitrogen and oxygen atoms in total. The molecular formula is C9H11ClN2. The second-order valence-corrected chi connectivity index (χ2v) is 3.61. The number of hydrogen-bond acceptors (Lipinski definition) is 2. The second kappa shape index (κ2) is 2.94. The first kappa shape index (κ1) is 7.87. The van der Waals surface area contributed by atoms with Crippen molar-refractivity contribution in [2.75, 3.05) is 5.32 Å². The average molecular weight is 183 g/mol. The van der Waals surface area contributed by atoms with E-state index in [2.05, 4.69) is 17.2 Å². The van der Waals surface area contributed by atoms with Crippen molar-refractivity contribution in [3.05, 3.63) is 22.8 Å². The standard InChI is InChI=1S/C9H11ClN2/c1-6-2-3-7-4-5-8(10)12-9(7)11-6/h4-6H,2-3H2,1H3,(H,11,12). The van der Waals surface area contributed by atoms with E-state index in [1.54, 1.807) is 0 Å². The maximum absolute atomic E-state index is 5.77. The van der Waals surface area contributed by atoms with Crippen LogP contribution in [0.1, 0.15) is 18.9 Å². The Labute approximate surface area is 77.0 Å². The molecule has 2 heterocycles. The summed E-state index contributed by atoms with van der Waals surface area (Å²) in [6.07, 6.45) is 2.28. The highest BCUT2D eigenvalue weighted by Crippen LogP contribution is 2.23. The number of fused-ring (bicyclic) bond motifs is 1. The van der Waals surface area contributed by atoms with Crippen LogP contribution in [-0.4, -0.2) is 11.0 Å². The number of anilines is 1. The van der Waals surface area contributed by atoms with Gasteiger partial charge >= 0.3 is 0 Å². The van der Waals surface area contributed by atoms with Crippen molar-refractivity contribution in [1.82, 2.24) is 4.98 Å². The fourth-order valence-corrected chi connectivity index (χ4v) is 1.62. The molecule has 1 unspecified atom stereocenters. The normalized spacial score (nSPS) is 21.3. The van der Waals surface area contributed by atoms with E-state index in [0.29, 0.717) is 11.2 Å². The van der Waals surface area contributed by atoms with Crippen LogP contribution in [0.3, 0.4) is 0 Å². The van der Waals surface area contributed by atoms with Crippen LogP contribution in [0, 0.1) is 0 Å². The van der Waals surface area contributed by atoms with Gasteiger partial charge in [-0.3, -0.25) is 0 Å². The zero-order valence-corrected chi connectivity index (χ0v) is 7.73. The lowest BCUT2D eigenvalue weighted by atomic mass is 10.0. The van der Waals surface area contributed by atoms with Crippen molar-refractivity contribution in [3.8, 4) is 0 Å². The van der Waals surface area contributed by atoms with Crippen LogP contribution in [0.2, 0.25) is 5.15 Å². The maximum atomic E-state index is 5.77. The zero-order valence-electron chi connectivity index (χ0n) is 6.97. The molecule has 0 spiro atoms.